The van der Waals surface area contributed by atoms with Gasteiger partial charge in [0.25, 0.3) is 0 Å². The molecule has 0 amide bonds. The Balaban J connectivity index is 1.71. The summed E-state index contributed by atoms with van der Waals surface area (Å²) < 4.78 is 42.5. The number of fused-ring (bicyclic) bond motifs is 3. The third kappa shape index (κ3) is 3.40. The SMILES string of the molecule is CN(C1CCc2c(c3ncccc3n2CC(=O)O)C1)S(=O)(=O)c1cccc(F)c1. The van der Waals surface area contributed by atoms with Gasteiger partial charge < -0.3 is 9.67 Å². The molecule has 0 radical (unpaired) electrons. The lowest BCUT2D eigenvalue weighted by molar-refractivity contribution is -0.137. The summed E-state index contributed by atoms with van der Waals surface area (Å²) in [5.74, 6) is -1.55. The molecule has 0 saturated heterocycles. The monoisotopic (exact) mass is 417 g/mol. The molecule has 0 fully saturated rings. The van der Waals surface area contributed by atoms with Crippen LogP contribution in [0.3, 0.4) is 0 Å². The van der Waals surface area contributed by atoms with Crippen LogP contribution < -0.4 is 0 Å². The fourth-order valence-corrected chi connectivity index (χ4v) is 5.47. The van der Waals surface area contributed by atoms with E-state index in [1.165, 1.54) is 29.6 Å². The van der Waals surface area contributed by atoms with Gasteiger partial charge in [0.2, 0.25) is 10.0 Å². The third-order valence-corrected chi connectivity index (χ3v) is 7.38. The summed E-state index contributed by atoms with van der Waals surface area (Å²) in [4.78, 5) is 15.7. The number of pyridine rings is 1. The number of halogens is 1. The Bertz CT molecular complexity index is 1210. The number of benzene rings is 1. The molecule has 7 nitrogen and oxygen atoms in total. The maximum atomic E-state index is 13.5. The van der Waals surface area contributed by atoms with Crippen molar-refractivity contribution in [3.8, 4) is 0 Å². The molecule has 2 heterocycles. The number of hydrogen-bond donors (Lipinski definition) is 1. The van der Waals surface area contributed by atoms with Crippen molar-refractivity contribution in [1.29, 1.82) is 0 Å². The van der Waals surface area contributed by atoms with Crippen LogP contribution in [0.4, 0.5) is 4.39 Å². The Kier molecular flexibility index (Phi) is 4.87. The molecular weight excluding hydrogens is 397 g/mol. The third-order valence-electron chi connectivity index (χ3n) is 5.47. The molecule has 4 rings (SSSR count). The van der Waals surface area contributed by atoms with Crippen LogP contribution in [0.1, 0.15) is 17.7 Å². The number of carboxylic acids is 1. The molecule has 1 N–H and O–H groups in total. The quantitative estimate of drug-likeness (QED) is 0.688. The van der Waals surface area contributed by atoms with E-state index in [4.69, 9.17) is 0 Å². The number of carbonyl (C=O) groups is 1. The molecule has 0 bridgehead atoms. The van der Waals surface area contributed by atoms with Crippen LogP contribution in [0.5, 0.6) is 0 Å². The summed E-state index contributed by atoms with van der Waals surface area (Å²) in [6, 6.07) is 8.22. The van der Waals surface area contributed by atoms with Crippen molar-refractivity contribution in [3.05, 3.63) is 59.7 Å². The zero-order valence-electron chi connectivity index (χ0n) is 15.7. The number of likely N-dealkylation sites (N-methyl/N-ethyl adjacent to an activating group) is 1. The molecule has 1 aromatic carbocycles. The molecule has 1 unspecified atom stereocenters. The summed E-state index contributed by atoms with van der Waals surface area (Å²) in [6.07, 6.45) is 3.13. The number of sulfonamides is 1. The highest BCUT2D eigenvalue weighted by Crippen LogP contribution is 2.33. The van der Waals surface area contributed by atoms with E-state index in [0.29, 0.717) is 24.8 Å². The number of nitrogens with zero attached hydrogens (tertiary/aromatic N) is 3. The zero-order chi connectivity index (χ0) is 20.8. The van der Waals surface area contributed by atoms with E-state index in [9.17, 15) is 22.7 Å². The fraction of sp³-hybridized carbons (Fsp3) is 0.300. The first kappa shape index (κ1) is 19.5. The minimum Gasteiger partial charge on any atom is -0.480 e. The number of hydrogen-bond acceptors (Lipinski definition) is 4. The largest absolute Gasteiger partial charge is 0.480 e. The molecule has 2 aromatic heterocycles. The Morgan fingerprint density at radius 2 is 2.14 bits per heavy atom. The van der Waals surface area contributed by atoms with E-state index in [1.807, 2.05) is 6.07 Å². The van der Waals surface area contributed by atoms with Gasteiger partial charge in [-0.25, -0.2) is 12.8 Å². The number of carboxylic acid groups (broad SMARTS) is 1. The lowest BCUT2D eigenvalue weighted by atomic mass is 9.92. The summed E-state index contributed by atoms with van der Waals surface area (Å²) in [5, 5.41) is 9.28. The maximum Gasteiger partial charge on any atom is 0.323 e. The second-order valence-electron chi connectivity index (χ2n) is 7.15. The van der Waals surface area contributed by atoms with Crippen LogP contribution in [-0.4, -0.2) is 46.4 Å². The summed E-state index contributed by atoms with van der Waals surface area (Å²) in [7, 11) is -2.36. The van der Waals surface area contributed by atoms with E-state index in [2.05, 4.69) is 4.98 Å². The van der Waals surface area contributed by atoms with Crippen molar-refractivity contribution in [3.63, 3.8) is 0 Å². The molecule has 0 saturated carbocycles. The molecular formula is C20H20FN3O4S. The topological polar surface area (TPSA) is 92.5 Å². The highest BCUT2D eigenvalue weighted by molar-refractivity contribution is 7.89. The summed E-state index contributed by atoms with van der Waals surface area (Å²) in [6.45, 7) is -0.167. The van der Waals surface area contributed by atoms with Gasteiger partial charge >= 0.3 is 5.97 Å². The van der Waals surface area contributed by atoms with Crippen LogP contribution in [0.25, 0.3) is 11.0 Å². The molecule has 1 aliphatic rings. The molecule has 1 aliphatic carbocycles. The van der Waals surface area contributed by atoms with Gasteiger partial charge in [0, 0.05) is 30.5 Å². The first-order valence-corrected chi connectivity index (χ1v) is 10.6. The van der Waals surface area contributed by atoms with Crippen LogP contribution >= 0.6 is 0 Å². The van der Waals surface area contributed by atoms with E-state index in [0.717, 1.165) is 22.8 Å². The Morgan fingerprint density at radius 1 is 1.34 bits per heavy atom. The van der Waals surface area contributed by atoms with Crippen molar-refractivity contribution < 1.29 is 22.7 Å². The van der Waals surface area contributed by atoms with Crippen molar-refractivity contribution in [1.82, 2.24) is 13.9 Å². The second kappa shape index (κ2) is 7.23. The first-order chi connectivity index (χ1) is 13.8. The van der Waals surface area contributed by atoms with Crippen LogP contribution in [0, 0.1) is 5.82 Å². The van der Waals surface area contributed by atoms with Crippen molar-refractivity contribution >= 4 is 27.0 Å². The minimum absolute atomic E-state index is 0.0859. The predicted molar refractivity (Wildman–Crippen MR) is 105 cm³/mol. The van der Waals surface area contributed by atoms with Gasteiger partial charge in [-0.15, -0.1) is 0 Å². The van der Waals surface area contributed by atoms with Gasteiger partial charge in [0.05, 0.1) is 15.9 Å². The van der Waals surface area contributed by atoms with Gasteiger partial charge in [-0.1, -0.05) is 6.07 Å². The Hall–Kier alpha value is -2.78. The smallest absolute Gasteiger partial charge is 0.323 e. The predicted octanol–water partition coefficient (Wildman–Crippen LogP) is 2.44. The molecule has 3 aromatic rings. The maximum absolute atomic E-state index is 13.5. The molecule has 152 valence electrons. The van der Waals surface area contributed by atoms with Crippen molar-refractivity contribution in [2.75, 3.05) is 7.05 Å². The molecule has 1 atom stereocenters. The number of aromatic nitrogens is 2. The van der Waals surface area contributed by atoms with Gasteiger partial charge in [-0.05, 0) is 49.6 Å². The molecule has 0 aliphatic heterocycles. The van der Waals surface area contributed by atoms with Gasteiger partial charge in [0.1, 0.15) is 12.4 Å². The molecule has 9 heteroatoms. The lowest BCUT2D eigenvalue weighted by Crippen LogP contribution is -2.40. The minimum atomic E-state index is -3.86. The lowest BCUT2D eigenvalue weighted by Gasteiger charge is -2.31. The Morgan fingerprint density at radius 3 is 2.86 bits per heavy atom. The highest BCUT2D eigenvalue weighted by atomic mass is 32.2. The summed E-state index contributed by atoms with van der Waals surface area (Å²) in [5.41, 5.74) is 3.19. The fourth-order valence-electron chi connectivity index (χ4n) is 4.05. The van der Waals surface area contributed by atoms with Crippen LogP contribution in [-0.2, 0) is 34.2 Å². The summed E-state index contributed by atoms with van der Waals surface area (Å²) >= 11 is 0. The van der Waals surface area contributed by atoms with Crippen molar-refractivity contribution in [2.24, 2.45) is 0 Å². The molecule has 29 heavy (non-hydrogen) atoms. The average molecular weight is 417 g/mol. The van der Waals surface area contributed by atoms with Crippen molar-refractivity contribution in [2.45, 2.75) is 36.7 Å². The Labute approximate surface area is 167 Å². The van der Waals surface area contributed by atoms with E-state index in [1.54, 1.807) is 16.8 Å². The van der Waals surface area contributed by atoms with E-state index < -0.39 is 21.8 Å². The normalized spacial score (nSPS) is 16.9. The first-order valence-electron chi connectivity index (χ1n) is 9.19. The molecule has 0 spiro atoms. The number of rotatable bonds is 5. The van der Waals surface area contributed by atoms with Gasteiger partial charge in [-0.2, -0.15) is 4.31 Å². The van der Waals surface area contributed by atoms with Crippen LogP contribution in [0.2, 0.25) is 0 Å². The zero-order valence-corrected chi connectivity index (χ0v) is 16.6. The van der Waals surface area contributed by atoms with Gasteiger partial charge in [0.15, 0.2) is 0 Å². The second-order valence-corrected chi connectivity index (χ2v) is 9.15. The highest BCUT2D eigenvalue weighted by Gasteiger charge is 2.34. The average Bonchev–Trinajstić information content (AvgIpc) is 3.00. The number of aliphatic carboxylic acids is 1. The standard InChI is InChI=1S/C20H20FN3O4S/c1-23(29(27,28)15-5-2-4-13(21)10-15)14-7-8-17-16(11-14)20-18(6-3-9-22-20)24(17)12-19(25)26/h2-6,9-10,14H,7-8,11-12H2,1H3,(H,25,26). The van der Waals surface area contributed by atoms with E-state index in [-0.39, 0.29) is 17.5 Å². The van der Waals surface area contributed by atoms with E-state index >= 15 is 0 Å². The van der Waals surface area contributed by atoms with Gasteiger partial charge in [-0.3, -0.25) is 9.78 Å². The van der Waals surface area contributed by atoms with Crippen LogP contribution in [0.15, 0.2) is 47.5 Å².